The Hall–Kier alpha value is -2.45. The van der Waals surface area contributed by atoms with E-state index in [9.17, 15) is 13.2 Å². The summed E-state index contributed by atoms with van der Waals surface area (Å²) in [5, 5.41) is 3.23. The molecule has 28 heavy (non-hydrogen) atoms. The summed E-state index contributed by atoms with van der Waals surface area (Å²) < 4.78 is 33.4. The summed E-state index contributed by atoms with van der Waals surface area (Å²) in [6.45, 7) is 3.10. The number of amides is 2. The van der Waals surface area contributed by atoms with E-state index >= 15 is 0 Å². The standard InChI is InChI=1S/C19H22ClN3O4S/c1-3-9-21-19(24)23-10-8-13-11-15(5-6-17(13)23)28(25,26)22-16-12-14(20)4-7-18(16)27-2/h4-7,11-12,22H,3,8-10H2,1-2H3,(H,21,24). The van der Waals surface area contributed by atoms with Crippen molar-refractivity contribution < 1.29 is 17.9 Å². The minimum absolute atomic E-state index is 0.115. The maximum Gasteiger partial charge on any atom is 0.321 e. The number of halogens is 1. The number of ether oxygens (including phenoxy) is 1. The normalized spacial score (nSPS) is 13.2. The minimum atomic E-state index is -3.84. The lowest BCUT2D eigenvalue weighted by Crippen LogP contribution is -2.39. The number of methoxy groups -OCH3 is 1. The third-order valence-electron chi connectivity index (χ3n) is 4.43. The van der Waals surface area contributed by atoms with Gasteiger partial charge < -0.3 is 10.1 Å². The van der Waals surface area contributed by atoms with Crippen LogP contribution in [0.2, 0.25) is 5.02 Å². The predicted octanol–water partition coefficient (Wildman–Crippen LogP) is 3.63. The Morgan fingerprint density at radius 2 is 2.04 bits per heavy atom. The highest BCUT2D eigenvalue weighted by atomic mass is 35.5. The zero-order valence-corrected chi connectivity index (χ0v) is 17.2. The van der Waals surface area contributed by atoms with E-state index in [0.717, 1.165) is 17.7 Å². The van der Waals surface area contributed by atoms with Crippen LogP contribution in [-0.4, -0.2) is 34.6 Å². The van der Waals surface area contributed by atoms with Crippen LogP contribution in [0.1, 0.15) is 18.9 Å². The number of hydrogen-bond acceptors (Lipinski definition) is 4. The number of carbonyl (C=O) groups excluding carboxylic acids is 1. The predicted molar refractivity (Wildman–Crippen MR) is 110 cm³/mol. The third-order valence-corrected chi connectivity index (χ3v) is 6.03. The molecule has 150 valence electrons. The number of rotatable bonds is 6. The molecule has 0 fully saturated rings. The molecule has 0 unspecified atom stereocenters. The molecule has 0 aromatic heterocycles. The van der Waals surface area contributed by atoms with Crippen LogP contribution < -0.4 is 19.7 Å². The lowest BCUT2D eigenvalue weighted by atomic mass is 10.2. The van der Waals surface area contributed by atoms with Crippen LogP contribution in [-0.2, 0) is 16.4 Å². The van der Waals surface area contributed by atoms with Crippen molar-refractivity contribution in [3.8, 4) is 5.75 Å². The summed E-state index contributed by atoms with van der Waals surface area (Å²) >= 11 is 5.97. The number of hydrogen-bond donors (Lipinski definition) is 2. The van der Waals surface area contributed by atoms with Crippen LogP contribution in [0.25, 0.3) is 0 Å². The Morgan fingerprint density at radius 3 is 2.75 bits per heavy atom. The lowest BCUT2D eigenvalue weighted by Gasteiger charge is -2.18. The molecule has 0 saturated carbocycles. The zero-order chi connectivity index (χ0) is 20.3. The molecule has 1 aliphatic heterocycles. The second kappa shape index (κ2) is 8.28. The Balaban J connectivity index is 1.85. The van der Waals surface area contributed by atoms with Crippen LogP contribution >= 0.6 is 11.6 Å². The minimum Gasteiger partial charge on any atom is -0.495 e. The van der Waals surface area contributed by atoms with E-state index in [1.165, 1.54) is 19.2 Å². The summed E-state index contributed by atoms with van der Waals surface area (Å²) in [6, 6.07) is 9.29. The molecule has 0 bridgehead atoms. The fourth-order valence-corrected chi connectivity index (χ4v) is 4.33. The molecule has 9 heteroatoms. The Bertz CT molecular complexity index is 995. The molecular weight excluding hydrogens is 402 g/mol. The van der Waals surface area contributed by atoms with Crippen molar-refractivity contribution in [2.45, 2.75) is 24.7 Å². The maximum atomic E-state index is 12.8. The van der Waals surface area contributed by atoms with Crippen molar-refractivity contribution in [2.75, 3.05) is 29.8 Å². The lowest BCUT2D eigenvalue weighted by molar-refractivity contribution is 0.247. The largest absolute Gasteiger partial charge is 0.495 e. The van der Waals surface area contributed by atoms with Gasteiger partial charge in [0.25, 0.3) is 10.0 Å². The van der Waals surface area contributed by atoms with Gasteiger partial charge in [0.2, 0.25) is 0 Å². The van der Waals surface area contributed by atoms with Crippen LogP contribution in [0.3, 0.4) is 0 Å². The summed E-state index contributed by atoms with van der Waals surface area (Å²) in [4.78, 5) is 14.0. The second-order valence-corrected chi connectivity index (χ2v) is 8.49. The molecule has 2 amide bonds. The van der Waals surface area contributed by atoms with Crippen molar-refractivity contribution in [3.05, 3.63) is 47.0 Å². The summed E-state index contributed by atoms with van der Waals surface area (Å²) in [7, 11) is -2.39. The van der Waals surface area contributed by atoms with Crippen molar-refractivity contribution in [3.63, 3.8) is 0 Å². The molecule has 2 aromatic carbocycles. The topological polar surface area (TPSA) is 87.7 Å². The zero-order valence-electron chi connectivity index (χ0n) is 15.7. The molecule has 0 aliphatic carbocycles. The highest BCUT2D eigenvalue weighted by molar-refractivity contribution is 7.92. The molecule has 3 rings (SSSR count). The number of carbonyl (C=O) groups is 1. The molecule has 1 aliphatic rings. The van der Waals surface area contributed by atoms with Crippen LogP contribution in [0, 0.1) is 0 Å². The van der Waals surface area contributed by atoms with Gasteiger partial charge in [0.15, 0.2) is 0 Å². The first-order valence-corrected chi connectivity index (χ1v) is 10.8. The smallest absolute Gasteiger partial charge is 0.321 e. The number of nitrogens with one attached hydrogen (secondary N) is 2. The third kappa shape index (κ3) is 4.18. The first-order valence-electron chi connectivity index (χ1n) is 8.90. The van der Waals surface area contributed by atoms with Crippen molar-refractivity contribution in [1.29, 1.82) is 0 Å². The monoisotopic (exact) mass is 423 g/mol. The number of anilines is 2. The van der Waals surface area contributed by atoms with Gasteiger partial charge in [0.1, 0.15) is 5.75 Å². The molecule has 0 saturated heterocycles. The molecule has 2 aromatic rings. The summed E-state index contributed by atoms with van der Waals surface area (Å²) in [5.74, 6) is 0.368. The van der Waals surface area contributed by atoms with Crippen LogP contribution in [0.5, 0.6) is 5.75 Å². The number of fused-ring (bicyclic) bond motifs is 1. The van der Waals surface area contributed by atoms with Gasteiger partial charge in [-0.1, -0.05) is 18.5 Å². The summed E-state index contributed by atoms with van der Waals surface area (Å²) in [6.07, 6.45) is 1.45. The number of benzene rings is 2. The average Bonchev–Trinajstić information content (AvgIpc) is 3.09. The quantitative estimate of drug-likeness (QED) is 0.742. The highest BCUT2D eigenvalue weighted by Gasteiger charge is 2.27. The molecule has 0 spiro atoms. The first-order chi connectivity index (χ1) is 13.4. The van der Waals surface area contributed by atoms with E-state index in [1.807, 2.05) is 6.92 Å². The van der Waals surface area contributed by atoms with Crippen LogP contribution in [0.4, 0.5) is 16.2 Å². The second-order valence-electron chi connectivity index (χ2n) is 6.37. The van der Waals surface area contributed by atoms with Gasteiger partial charge in [-0.3, -0.25) is 9.62 Å². The van der Waals surface area contributed by atoms with E-state index in [1.54, 1.807) is 29.2 Å². The first kappa shape index (κ1) is 20.3. The van der Waals surface area contributed by atoms with E-state index in [0.29, 0.717) is 30.3 Å². The SMILES string of the molecule is CCCNC(=O)N1CCc2cc(S(=O)(=O)Nc3cc(Cl)ccc3OC)ccc21. The van der Waals surface area contributed by atoms with Crippen molar-refractivity contribution in [1.82, 2.24) is 5.32 Å². The van der Waals surface area contributed by atoms with E-state index in [2.05, 4.69) is 10.0 Å². The van der Waals surface area contributed by atoms with E-state index in [-0.39, 0.29) is 16.6 Å². The van der Waals surface area contributed by atoms with E-state index in [4.69, 9.17) is 16.3 Å². The molecule has 7 nitrogen and oxygen atoms in total. The Kier molecular flexibility index (Phi) is 6.00. The molecule has 0 radical (unpaired) electrons. The number of sulfonamides is 1. The van der Waals surface area contributed by atoms with Gasteiger partial charge >= 0.3 is 6.03 Å². The summed E-state index contributed by atoms with van der Waals surface area (Å²) in [5.41, 5.74) is 1.80. The van der Waals surface area contributed by atoms with Gasteiger partial charge in [-0.05, 0) is 54.8 Å². The Morgan fingerprint density at radius 1 is 1.25 bits per heavy atom. The fourth-order valence-electron chi connectivity index (χ4n) is 3.05. The Labute approximate surface area is 169 Å². The van der Waals surface area contributed by atoms with Gasteiger partial charge in [0.05, 0.1) is 17.7 Å². The maximum absolute atomic E-state index is 12.8. The van der Waals surface area contributed by atoms with Crippen molar-refractivity contribution in [2.24, 2.45) is 0 Å². The number of nitrogens with zero attached hydrogens (tertiary/aromatic N) is 1. The van der Waals surface area contributed by atoms with Crippen molar-refractivity contribution >= 4 is 39.0 Å². The average molecular weight is 424 g/mol. The molecule has 2 N–H and O–H groups in total. The molecule has 1 heterocycles. The van der Waals surface area contributed by atoms with E-state index < -0.39 is 10.0 Å². The number of urea groups is 1. The van der Waals surface area contributed by atoms with Gasteiger partial charge in [-0.25, -0.2) is 13.2 Å². The molecule has 0 atom stereocenters. The van der Waals surface area contributed by atoms with Gasteiger partial charge in [0, 0.05) is 23.8 Å². The van der Waals surface area contributed by atoms with Crippen LogP contribution in [0.15, 0.2) is 41.3 Å². The van der Waals surface area contributed by atoms with Gasteiger partial charge in [-0.2, -0.15) is 0 Å². The highest BCUT2D eigenvalue weighted by Crippen LogP contribution is 2.33. The molecular formula is C19H22ClN3O4S. The van der Waals surface area contributed by atoms with Gasteiger partial charge in [-0.15, -0.1) is 0 Å². The fraction of sp³-hybridized carbons (Fsp3) is 0.316.